The maximum absolute atomic E-state index is 12.4. The highest BCUT2D eigenvalue weighted by Gasteiger charge is 2.18. The summed E-state index contributed by atoms with van der Waals surface area (Å²) in [6, 6.07) is 26.6. The Morgan fingerprint density at radius 1 is 0.844 bits per heavy atom. The molecular weight excluding hydrogens is 418 g/mol. The largest absolute Gasteiger partial charge is 0.348 e. The summed E-state index contributed by atoms with van der Waals surface area (Å²) in [5.41, 5.74) is 4.24. The molecule has 4 nitrogen and oxygen atoms in total. The Labute approximate surface area is 195 Å². The van der Waals surface area contributed by atoms with Gasteiger partial charge in [0.2, 0.25) is 0 Å². The number of nitrogens with one attached hydrogen (secondary N) is 2. The van der Waals surface area contributed by atoms with Gasteiger partial charge in [-0.2, -0.15) is 0 Å². The lowest BCUT2D eigenvalue weighted by Gasteiger charge is -2.32. The fourth-order valence-electron chi connectivity index (χ4n) is 4.10. The van der Waals surface area contributed by atoms with Gasteiger partial charge in [0, 0.05) is 36.3 Å². The zero-order valence-electron chi connectivity index (χ0n) is 18.3. The van der Waals surface area contributed by atoms with E-state index in [1.165, 1.54) is 11.1 Å². The number of halogens is 1. The topological polar surface area (TPSA) is 44.4 Å². The first-order chi connectivity index (χ1) is 15.7. The second-order valence-electron chi connectivity index (χ2n) is 8.43. The fraction of sp³-hybridized carbons (Fsp3) is 0.296. The first-order valence-electron chi connectivity index (χ1n) is 11.3. The van der Waals surface area contributed by atoms with Gasteiger partial charge in [-0.25, -0.2) is 0 Å². The smallest absolute Gasteiger partial charge is 0.251 e. The van der Waals surface area contributed by atoms with E-state index >= 15 is 0 Å². The average molecular weight is 448 g/mol. The molecule has 1 heterocycles. The lowest BCUT2D eigenvalue weighted by molar-refractivity contribution is 0.0951. The summed E-state index contributed by atoms with van der Waals surface area (Å²) in [7, 11) is 0. The Morgan fingerprint density at radius 3 is 2.28 bits per heavy atom. The van der Waals surface area contributed by atoms with Crippen LogP contribution in [0, 0.1) is 0 Å². The first kappa shape index (κ1) is 22.5. The number of piperidine rings is 1. The maximum Gasteiger partial charge on any atom is 0.251 e. The molecule has 1 aliphatic rings. The molecule has 3 aromatic rings. The summed E-state index contributed by atoms with van der Waals surface area (Å²) >= 11 is 6.00. The van der Waals surface area contributed by atoms with Crippen LogP contribution >= 0.6 is 11.6 Å². The minimum absolute atomic E-state index is 0.0738. The predicted octanol–water partition coefficient (Wildman–Crippen LogP) is 5.02. The van der Waals surface area contributed by atoms with E-state index in [-0.39, 0.29) is 5.91 Å². The third kappa shape index (κ3) is 6.67. The molecule has 1 saturated heterocycles. The quantitative estimate of drug-likeness (QED) is 0.509. The van der Waals surface area contributed by atoms with Crippen molar-refractivity contribution < 1.29 is 4.79 Å². The number of rotatable bonds is 8. The molecule has 1 aliphatic heterocycles. The Balaban J connectivity index is 1.18. The second kappa shape index (κ2) is 11.3. The van der Waals surface area contributed by atoms with Crippen LogP contribution in [0.4, 0.5) is 0 Å². The van der Waals surface area contributed by atoms with Gasteiger partial charge >= 0.3 is 0 Å². The Bertz CT molecular complexity index is 999. The molecule has 0 aromatic heterocycles. The molecule has 1 amide bonds. The average Bonchev–Trinajstić information content (AvgIpc) is 2.83. The molecule has 0 radical (unpaired) electrons. The molecule has 1 fully saturated rings. The van der Waals surface area contributed by atoms with Crippen molar-refractivity contribution in [3.05, 3.63) is 106 Å². The van der Waals surface area contributed by atoms with Crippen molar-refractivity contribution in [2.75, 3.05) is 13.1 Å². The van der Waals surface area contributed by atoms with Crippen LogP contribution < -0.4 is 10.6 Å². The summed E-state index contributed by atoms with van der Waals surface area (Å²) < 4.78 is 0. The van der Waals surface area contributed by atoms with Gasteiger partial charge < -0.3 is 10.6 Å². The Morgan fingerprint density at radius 2 is 1.56 bits per heavy atom. The van der Waals surface area contributed by atoms with Gasteiger partial charge in [0.15, 0.2) is 0 Å². The van der Waals surface area contributed by atoms with Crippen LogP contribution in [-0.4, -0.2) is 29.9 Å². The van der Waals surface area contributed by atoms with E-state index in [0.29, 0.717) is 23.2 Å². The van der Waals surface area contributed by atoms with Crippen molar-refractivity contribution >= 4 is 17.5 Å². The summed E-state index contributed by atoms with van der Waals surface area (Å²) in [6.07, 6.45) is 2.33. The highest BCUT2D eigenvalue weighted by Crippen LogP contribution is 2.15. The van der Waals surface area contributed by atoms with Gasteiger partial charge in [-0.3, -0.25) is 9.69 Å². The summed E-state index contributed by atoms with van der Waals surface area (Å²) in [5, 5.41) is 7.31. The first-order valence-corrected chi connectivity index (χ1v) is 11.6. The van der Waals surface area contributed by atoms with E-state index in [1.807, 2.05) is 48.5 Å². The van der Waals surface area contributed by atoms with Crippen LogP contribution in [0.15, 0.2) is 78.9 Å². The molecule has 32 heavy (non-hydrogen) atoms. The van der Waals surface area contributed by atoms with Gasteiger partial charge in [0.1, 0.15) is 0 Å². The van der Waals surface area contributed by atoms with Gasteiger partial charge in [0.25, 0.3) is 5.91 Å². The number of hydrogen-bond donors (Lipinski definition) is 2. The zero-order chi connectivity index (χ0) is 22.2. The van der Waals surface area contributed by atoms with Gasteiger partial charge in [-0.05, 0) is 66.9 Å². The molecule has 4 rings (SSSR count). The van der Waals surface area contributed by atoms with E-state index in [0.717, 1.165) is 44.6 Å². The number of carbonyl (C=O) groups excluding carboxylic acids is 1. The maximum atomic E-state index is 12.4. The monoisotopic (exact) mass is 447 g/mol. The van der Waals surface area contributed by atoms with E-state index in [4.69, 9.17) is 11.6 Å². The number of benzene rings is 3. The van der Waals surface area contributed by atoms with Crippen molar-refractivity contribution in [2.45, 2.75) is 38.5 Å². The standard InChI is InChI=1S/C27H30ClN3O/c28-25-8-4-7-23(17-25)19-30-27(32)24-11-9-21(10-12-24)18-29-26-13-15-31(16-14-26)20-22-5-2-1-3-6-22/h1-12,17,26,29H,13-16,18-20H2,(H,30,32). The highest BCUT2D eigenvalue weighted by molar-refractivity contribution is 6.30. The predicted molar refractivity (Wildman–Crippen MR) is 131 cm³/mol. The Kier molecular flexibility index (Phi) is 7.94. The van der Waals surface area contributed by atoms with Crippen molar-refractivity contribution in [1.29, 1.82) is 0 Å². The summed E-state index contributed by atoms with van der Waals surface area (Å²) in [6.45, 7) is 4.57. The van der Waals surface area contributed by atoms with Crippen LogP contribution in [0.1, 0.15) is 39.9 Å². The second-order valence-corrected chi connectivity index (χ2v) is 8.86. The molecule has 0 unspecified atom stereocenters. The van der Waals surface area contributed by atoms with E-state index < -0.39 is 0 Å². The minimum atomic E-state index is -0.0738. The molecule has 5 heteroatoms. The Hall–Kier alpha value is -2.66. The van der Waals surface area contributed by atoms with E-state index in [2.05, 4.69) is 45.9 Å². The summed E-state index contributed by atoms with van der Waals surface area (Å²) in [4.78, 5) is 14.9. The SMILES string of the molecule is O=C(NCc1cccc(Cl)c1)c1ccc(CNC2CCN(Cc3ccccc3)CC2)cc1. The molecule has 0 saturated carbocycles. The molecule has 0 spiro atoms. The lowest BCUT2D eigenvalue weighted by atomic mass is 10.0. The molecule has 2 N–H and O–H groups in total. The van der Waals surface area contributed by atoms with Gasteiger partial charge in [-0.1, -0.05) is 66.2 Å². The number of likely N-dealkylation sites (tertiary alicyclic amines) is 1. The van der Waals surface area contributed by atoms with Gasteiger partial charge in [-0.15, -0.1) is 0 Å². The lowest BCUT2D eigenvalue weighted by Crippen LogP contribution is -2.41. The van der Waals surface area contributed by atoms with E-state index in [9.17, 15) is 4.79 Å². The van der Waals surface area contributed by atoms with Gasteiger partial charge in [0.05, 0.1) is 0 Å². The minimum Gasteiger partial charge on any atom is -0.348 e. The van der Waals surface area contributed by atoms with Crippen molar-refractivity contribution in [3.8, 4) is 0 Å². The number of nitrogens with zero attached hydrogens (tertiary/aromatic N) is 1. The number of carbonyl (C=O) groups is 1. The van der Waals surface area contributed by atoms with Crippen molar-refractivity contribution in [1.82, 2.24) is 15.5 Å². The van der Waals surface area contributed by atoms with Crippen molar-refractivity contribution in [3.63, 3.8) is 0 Å². The third-order valence-corrected chi connectivity index (χ3v) is 6.22. The van der Waals surface area contributed by atoms with Crippen molar-refractivity contribution in [2.24, 2.45) is 0 Å². The van der Waals surface area contributed by atoms with Crippen LogP contribution in [0.5, 0.6) is 0 Å². The highest BCUT2D eigenvalue weighted by atomic mass is 35.5. The van der Waals surface area contributed by atoms with Crippen LogP contribution in [0.3, 0.4) is 0 Å². The van der Waals surface area contributed by atoms with Crippen LogP contribution in [0.25, 0.3) is 0 Å². The fourth-order valence-corrected chi connectivity index (χ4v) is 4.32. The van der Waals surface area contributed by atoms with E-state index in [1.54, 1.807) is 0 Å². The zero-order valence-corrected chi connectivity index (χ0v) is 19.0. The molecule has 166 valence electrons. The molecule has 0 aliphatic carbocycles. The normalized spacial score (nSPS) is 14.9. The molecule has 3 aromatic carbocycles. The van der Waals surface area contributed by atoms with Crippen LogP contribution in [-0.2, 0) is 19.6 Å². The molecule has 0 bridgehead atoms. The molecule has 0 atom stereocenters. The molecular formula is C27H30ClN3O. The van der Waals surface area contributed by atoms with Crippen LogP contribution in [0.2, 0.25) is 5.02 Å². The summed E-state index contributed by atoms with van der Waals surface area (Å²) in [5.74, 6) is -0.0738. The number of amides is 1. The number of hydrogen-bond acceptors (Lipinski definition) is 3. The third-order valence-electron chi connectivity index (χ3n) is 5.99.